The van der Waals surface area contributed by atoms with E-state index in [9.17, 15) is 0 Å². The van der Waals surface area contributed by atoms with Crippen molar-refractivity contribution in [3.8, 4) is 12.0 Å². The van der Waals surface area contributed by atoms with Gasteiger partial charge in [0.25, 0.3) is 0 Å². The lowest BCUT2D eigenvalue weighted by atomic mass is 9.88. The first-order valence-corrected chi connectivity index (χ1v) is 3.49. The summed E-state index contributed by atoms with van der Waals surface area (Å²) in [6.45, 7) is 4.89. The first-order chi connectivity index (χ1) is 4.68. The Morgan fingerprint density at radius 2 is 2.30 bits per heavy atom. The highest BCUT2D eigenvalue weighted by molar-refractivity contribution is 6.04. The summed E-state index contributed by atoms with van der Waals surface area (Å²) in [6, 6.07) is 0. The van der Waals surface area contributed by atoms with Gasteiger partial charge in [-0.1, -0.05) is 12.8 Å². The summed E-state index contributed by atoms with van der Waals surface area (Å²) >= 11 is 0. The third-order valence-electron chi connectivity index (χ3n) is 1.70. The zero-order chi connectivity index (χ0) is 8.04. The molecular formula is C7H14BNO. The SMILES string of the molecule is BNCC(C)(C#CO)CC. The first-order valence-electron chi connectivity index (χ1n) is 3.49. The van der Waals surface area contributed by atoms with Crippen molar-refractivity contribution in [2.45, 2.75) is 20.3 Å². The van der Waals surface area contributed by atoms with Gasteiger partial charge in [0.2, 0.25) is 0 Å². The van der Waals surface area contributed by atoms with Gasteiger partial charge in [-0.15, -0.1) is 0 Å². The highest BCUT2D eigenvalue weighted by Crippen LogP contribution is 2.17. The van der Waals surface area contributed by atoms with Crippen molar-refractivity contribution in [3.63, 3.8) is 0 Å². The van der Waals surface area contributed by atoms with E-state index in [1.54, 1.807) is 0 Å². The fourth-order valence-electron chi connectivity index (χ4n) is 0.783. The molecule has 0 saturated heterocycles. The summed E-state index contributed by atoms with van der Waals surface area (Å²) in [4.78, 5) is 0. The van der Waals surface area contributed by atoms with Crippen LogP contribution in [-0.2, 0) is 0 Å². The quantitative estimate of drug-likeness (QED) is 0.421. The van der Waals surface area contributed by atoms with E-state index in [-0.39, 0.29) is 5.41 Å². The Balaban J connectivity index is 4.03. The molecule has 10 heavy (non-hydrogen) atoms. The molecule has 0 aromatic heterocycles. The van der Waals surface area contributed by atoms with E-state index in [0.29, 0.717) is 0 Å². The van der Waals surface area contributed by atoms with E-state index >= 15 is 0 Å². The van der Waals surface area contributed by atoms with Crippen molar-refractivity contribution in [3.05, 3.63) is 0 Å². The first kappa shape index (κ1) is 9.38. The Morgan fingerprint density at radius 3 is 2.60 bits per heavy atom. The topological polar surface area (TPSA) is 32.3 Å². The van der Waals surface area contributed by atoms with Gasteiger partial charge in [-0.05, 0) is 13.3 Å². The second-order valence-electron chi connectivity index (χ2n) is 2.68. The van der Waals surface area contributed by atoms with Crippen molar-refractivity contribution < 1.29 is 5.11 Å². The average molecular weight is 139 g/mol. The van der Waals surface area contributed by atoms with Crippen molar-refractivity contribution in [2.75, 3.05) is 6.54 Å². The minimum atomic E-state index is -0.0799. The van der Waals surface area contributed by atoms with E-state index < -0.39 is 0 Å². The van der Waals surface area contributed by atoms with Gasteiger partial charge in [0.05, 0.1) is 0 Å². The molecule has 0 rings (SSSR count). The van der Waals surface area contributed by atoms with E-state index in [0.717, 1.165) is 13.0 Å². The summed E-state index contributed by atoms with van der Waals surface area (Å²) in [7, 11) is 1.88. The number of aliphatic hydroxyl groups excluding tert-OH is 1. The fraction of sp³-hybridized carbons (Fsp3) is 0.714. The minimum absolute atomic E-state index is 0.0799. The largest absolute Gasteiger partial charge is 0.462 e. The molecule has 1 atom stereocenters. The van der Waals surface area contributed by atoms with E-state index in [1.807, 2.05) is 21.0 Å². The monoisotopic (exact) mass is 139 g/mol. The van der Waals surface area contributed by atoms with Gasteiger partial charge in [0, 0.05) is 12.0 Å². The molecule has 0 spiro atoms. The molecule has 2 N–H and O–H groups in total. The van der Waals surface area contributed by atoms with Gasteiger partial charge in [0.15, 0.2) is 7.98 Å². The summed E-state index contributed by atoms with van der Waals surface area (Å²) in [5.41, 5.74) is -0.0799. The molecule has 0 aliphatic carbocycles. The zero-order valence-corrected chi connectivity index (χ0v) is 6.86. The lowest BCUT2D eigenvalue weighted by Crippen LogP contribution is -2.28. The second kappa shape index (κ2) is 4.24. The fourth-order valence-corrected chi connectivity index (χ4v) is 0.783. The average Bonchev–Trinajstić information content (AvgIpc) is 1.89. The number of nitrogens with one attached hydrogen (secondary N) is 1. The van der Waals surface area contributed by atoms with Crippen LogP contribution in [0.1, 0.15) is 20.3 Å². The van der Waals surface area contributed by atoms with Gasteiger partial charge in [-0.2, -0.15) is 0 Å². The normalized spacial score (nSPS) is 15.0. The van der Waals surface area contributed by atoms with Crippen molar-refractivity contribution in [2.24, 2.45) is 5.41 Å². The van der Waals surface area contributed by atoms with Crippen LogP contribution in [-0.4, -0.2) is 19.6 Å². The predicted octanol–water partition coefficient (Wildman–Crippen LogP) is -0.126. The Labute approximate surface area is 63.4 Å². The highest BCUT2D eigenvalue weighted by Gasteiger charge is 2.17. The van der Waals surface area contributed by atoms with Crippen LogP contribution in [0.4, 0.5) is 0 Å². The molecular weight excluding hydrogens is 125 g/mol. The molecule has 0 aromatic rings. The molecule has 3 heteroatoms. The van der Waals surface area contributed by atoms with E-state index in [2.05, 4.69) is 18.1 Å². The third kappa shape index (κ3) is 2.79. The molecule has 0 radical (unpaired) electrons. The molecule has 0 fully saturated rings. The van der Waals surface area contributed by atoms with Crippen molar-refractivity contribution in [1.29, 1.82) is 0 Å². The zero-order valence-electron chi connectivity index (χ0n) is 6.86. The molecule has 0 aromatic carbocycles. The standard InChI is InChI=1S/C7H14BNO/c1-3-7(2,4-5-10)6-9-8/h9-10H,3,6,8H2,1-2H3. The lowest BCUT2D eigenvalue weighted by molar-refractivity contribution is 0.421. The summed E-state index contributed by atoms with van der Waals surface area (Å²) < 4.78 is 0. The highest BCUT2D eigenvalue weighted by atomic mass is 16.2. The number of aliphatic hydroxyl groups is 1. The van der Waals surface area contributed by atoms with E-state index in [1.165, 1.54) is 0 Å². The summed E-state index contributed by atoms with van der Waals surface area (Å²) in [5, 5.41) is 11.4. The van der Waals surface area contributed by atoms with Crippen LogP contribution in [0, 0.1) is 17.4 Å². The number of rotatable bonds is 3. The predicted molar refractivity (Wildman–Crippen MR) is 44.7 cm³/mol. The van der Waals surface area contributed by atoms with E-state index in [4.69, 9.17) is 5.11 Å². The molecule has 0 heterocycles. The Bertz CT molecular complexity index is 149. The maximum Gasteiger partial charge on any atom is 0.182 e. The number of hydrogen-bond donors (Lipinski definition) is 2. The summed E-state index contributed by atoms with van der Waals surface area (Å²) in [6.07, 6.45) is 2.90. The lowest BCUT2D eigenvalue weighted by Gasteiger charge is -2.20. The van der Waals surface area contributed by atoms with Crippen LogP contribution in [0.25, 0.3) is 0 Å². The molecule has 1 unspecified atom stereocenters. The van der Waals surface area contributed by atoms with Gasteiger partial charge in [-0.3, -0.25) is 0 Å². The van der Waals surface area contributed by atoms with Crippen LogP contribution < -0.4 is 5.23 Å². The van der Waals surface area contributed by atoms with Crippen molar-refractivity contribution >= 4 is 7.98 Å². The van der Waals surface area contributed by atoms with Crippen LogP contribution in [0.15, 0.2) is 0 Å². The third-order valence-corrected chi connectivity index (χ3v) is 1.70. The van der Waals surface area contributed by atoms with Gasteiger partial charge in [0.1, 0.15) is 6.11 Å². The molecule has 0 bridgehead atoms. The Kier molecular flexibility index (Phi) is 3.98. The maximum absolute atomic E-state index is 8.37. The smallest absolute Gasteiger partial charge is 0.182 e. The van der Waals surface area contributed by atoms with Crippen molar-refractivity contribution in [1.82, 2.24) is 5.23 Å². The molecule has 0 saturated carbocycles. The molecule has 0 aliphatic heterocycles. The second-order valence-corrected chi connectivity index (χ2v) is 2.68. The molecule has 2 nitrogen and oxygen atoms in total. The maximum atomic E-state index is 8.37. The molecule has 56 valence electrons. The number of hydrogen-bond acceptors (Lipinski definition) is 2. The van der Waals surface area contributed by atoms with Crippen LogP contribution in [0.2, 0.25) is 0 Å². The minimum Gasteiger partial charge on any atom is -0.462 e. The molecule has 0 amide bonds. The molecule has 0 aliphatic rings. The van der Waals surface area contributed by atoms with Crippen LogP contribution in [0.3, 0.4) is 0 Å². The Morgan fingerprint density at radius 1 is 1.70 bits per heavy atom. The van der Waals surface area contributed by atoms with Crippen LogP contribution >= 0.6 is 0 Å². The Hall–Kier alpha value is -0.615. The van der Waals surface area contributed by atoms with Gasteiger partial charge < -0.3 is 10.3 Å². The summed E-state index contributed by atoms with van der Waals surface area (Å²) in [5.74, 6) is 2.75. The van der Waals surface area contributed by atoms with Gasteiger partial charge in [-0.25, -0.2) is 0 Å². The van der Waals surface area contributed by atoms with Crippen LogP contribution in [0.5, 0.6) is 0 Å². The van der Waals surface area contributed by atoms with Gasteiger partial charge >= 0.3 is 0 Å².